The maximum Gasteiger partial charge on any atom is 0.101 e. The summed E-state index contributed by atoms with van der Waals surface area (Å²) < 4.78 is 12.5. The van der Waals surface area contributed by atoms with Gasteiger partial charge in [-0.05, 0) is 132 Å². The van der Waals surface area contributed by atoms with E-state index in [1.54, 1.807) is 0 Å². The lowest BCUT2D eigenvalue weighted by atomic mass is 9.39. The molecule has 0 amide bonds. The largest absolute Gasteiger partial charge is 0.396 e. The molecule has 190 valence electrons. The van der Waals surface area contributed by atoms with Crippen molar-refractivity contribution in [1.82, 2.24) is 0 Å². The zero-order chi connectivity index (χ0) is 24.1. The van der Waals surface area contributed by atoms with Gasteiger partial charge >= 0.3 is 0 Å². The van der Waals surface area contributed by atoms with Crippen LogP contribution in [0.3, 0.4) is 0 Å². The zero-order valence-electron chi connectivity index (χ0n) is 22.9. The Kier molecular flexibility index (Phi) is 5.55. The minimum absolute atomic E-state index is 0.00808. The van der Waals surface area contributed by atoms with Crippen molar-refractivity contribution in [2.75, 3.05) is 6.61 Å². The summed E-state index contributed by atoms with van der Waals surface area (Å²) in [5.41, 5.74) is 1.39. The molecule has 3 aliphatic carbocycles. The van der Waals surface area contributed by atoms with Gasteiger partial charge in [-0.2, -0.15) is 0 Å². The van der Waals surface area contributed by atoms with Gasteiger partial charge in [-0.25, -0.2) is 0 Å². The lowest BCUT2D eigenvalue weighted by Gasteiger charge is -2.65. The molecule has 5 aliphatic rings. The van der Waals surface area contributed by atoms with Crippen molar-refractivity contribution in [3.8, 4) is 0 Å². The quantitative estimate of drug-likeness (QED) is 0.410. The Balaban J connectivity index is 1.38. The molecule has 9 atom stereocenters. The summed E-state index contributed by atoms with van der Waals surface area (Å²) in [6.45, 7) is 20.0. The van der Waals surface area contributed by atoms with Crippen molar-refractivity contribution in [1.29, 1.82) is 0 Å². The number of rotatable bonds is 7. The Bertz CT molecular complexity index is 775. The normalized spacial score (nSPS) is 52.3. The van der Waals surface area contributed by atoms with Gasteiger partial charge in [0.2, 0.25) is 0 Å². The molecule has 0 radical (unpaired) electrons. The van der Waals surface area contributed by atoms with Gasteiger partial charge < -0.3 is 14.6 Å². The Morgan fingerprint density at radius 3 is 2.12 bits per heavy atom. The summed E-state index contributed by atoms with van der Waals surface area (Å²) in [6.07, 6.45) is 13.1. The molecule has 0 aromatic carbocycles. The van der Waals surface area contributed by atoms with Gasteiger partial charge in [-0.15, -0.1) is 0 Å². The molecule has 0 unspecified atom stereocenters. The highest BCUT2D eigenvalue weighted by Gasteiger charge is 2.76. The highest BCUT2D eigenvalue weighted by Crippen LogP contribution is 2.77. The maximum atomic E-state index is 9.71. The minimum atomic E-state index is 0.00808. The van der Waals surface area contributed by atoms with Crippen LogP contribution in [0.4, 0.5) is 0 Å². The molecule has 0 bridgehead atoms. The second-order valence-electron chi connectivity index (χ2n) is 14.8. The fourth-order valence-corrected chi connectivity index (χ4v) is 10.5. The van der Waals surface area contributed by atoms with Crippen LogP contribution in [-0.4, -0.2) is 34.6 Å². The molecule has 2 aliphatic heterocycles. The molecule has 1 spiro atoms. The predicted octanol–water partition coefficient (Wildman–Crippen LogP) is 7.15. The van der Waals surface area contributed by atoms with E-state index in [1.165, 1.54) is 51.4 Å². The summed E-state index contributed by atoms with van der Waals surface area (Å²) in [4.78, 5) is 0. The van der Waals surface area contributed by atoms with Crippen molar-refractivity contribution in [3.63, 3.8) is 0 Å². The molecule has 0 aromatic rings. The summed E-state index contributed by atoms with van der Waals surface area (Å²) in [7, 11) is 0. The van der Waals surface area contributed by atoms with E-state index in [2.05, 4.69) is 55.4 Å². The lowest BCUT2D eigenvalue weighted by Crippen LogP contribution is -2.61. The molecular formula is C30H52O3. The van der Waals surface area contributed by atoms with E-state index in [1.807, 2.05) is 0 Å². The summed E-state index contributed by atoms with van der Waals surface area (Å²) in [5.74, 6) is 2.99. The van der Waals surface area contributed by atoms with Crippen molar-refractivity contribution < 1.29 is 14.6 Å². The molecule has 2 saturated heterocycles. The first-order chi connectivity index (χ1) is 15.3. The molecule has 1 N–H and O–H groups in total. The Morgan fingerprint density at radius 2 is 1.55 bits per heavy atom. The van der Waals surface area contributed by atoms with E-state index in [-0.39, 0.29) is 16.8 Å². The number of ether oxygens (including phenoxy) is 2. The maximum absolute atomic E-state index is 9.71. The van der Waals surface area contributed by atoms with Gasteiger partial charge in [0.15, 0.2) is 0 Å². The van der Waals surface area contributed by atoms with Crippen LogP contribution in [0.25, 0.3) is 0 Å². The number of aliphatic hydroxyl groups excluding tert-OH is 1. The van der Waals surface area contributed by atoms with Crippen molar-refractivity contribution >= 4 is 0 Å². The topological polar surface area (TPSA) is 45.3 Å². The fraction of sp³-hybridized carbons (Fsp3) is 1.00. The monoisotopic (exact) mass is 460 g/mol. The van der Waals surface area contributed by atoms with Gasteiger partial charge in [-0.3, -0.25) is 0 Å². The molecule has 0 aromatic heterocycles. The van der Waals surface area contributed by atoms with Gasteiger partial charge in [-0.1, -0.05) is 27.7 Å². The second-order valence-corrected chi connectivity index (χ2v) is 14.8. The Hall–Kier alpha value is -0.120. The summed E-state index contributed by atoms with van der Waals surface area (Å²) in [6, 6.07) is 0. The summed E-state index contributed by atoms with van der Waals surface area (Å²) in [5, 5.41) is 9.71. The van der Waals surface area contributed by atoms with Gasteiger partial charge in [0.25, 0.3) is 0 Å². The number of aliphatic hydroxyl groups is 1. The van der Waals surface area contributed by atoms with Gasteiger partial charge in [0.1, 0.15) is 5.60 Å². The first kappa shape index (κ1) is 24.6. The van der Waals surface area contributed by atoms with E-state index >= 15 is 0 Å². The van der Waals surface area contributed by atoms with Crippen molar-refractivity contribution in [3.05, 3.63) is 0 Å². The zero-order valence-corrected chi connectivity index (χ0v) is 22.9. The van der Waals surface area contributed by atoms with E-state index in [0.29, 0.717) is 34.9 Å². The number of epoxide rings is 2. The summed E-state index contributed by atoms with van der Waals surface area (Å²) >= 11 is 0. The van der Waals surface area contributed by atoms with Crippen LogP contribution < -0.4 is 0 Å². The highest BCUT2D eigenvalue weighted by atomic mass is 16.6. The van der Waals surface area contributed by atoms with Crippen LogP contribution in [0.15, 0.2) is 0 Å². The third kappa shape index (κ3) is 3.30. The smallest absolute Gasteiger partial charge is 0.101 e. The molecule has 5 fully saturated rings. The molecule has 3 heteroatoms. The van der Waals surface area contributed by atoms with E-state index in [9.17, 15) is 5.11 Å². The third-order valence-corrected chi connectivity index (χ3v) is 12.8. The SMILES string of the molecule is C[C@@H](CC[C@H]1OC1(C)C)[C@@H]1CC[C@]2(C)[C@H]3CC[C@]4(OC4(C)C)[C@@H](CCCO)[C@]3(C)CC[C@@]12C. The standard InChI is InChI=1S/C30H52O3/c1-20(11-12-24-25(2,3)32-24)21-13-15-29(8)22-14-16-30(26(4,5)33-30)23(10-9-19-31)27(22,6)17-18-28(21,29)7/h20-24,31H,9-19H2,1-8H3/t20-,21-,22-,23-,24+,27+,28-,29+,30-/m0/s1. The average Bonchev–Trinajstić information content (AvgIpc) is 3.47. The molecule has 33 heavy (non-hydrogen) atoms. The van der Waals surface area contributed by atoms with E-state index in [4.69, 9.17) is 9.47 Å². The number of hydrogen-bond donors (Lipinski definition) is 1. The van der Waals surface area contributed by atoms with Gasteiger partial charge in [0.05, 0.1) is 17.3 Å². The molecule has 3 saturated carbocycles. The van der Waals surface area contributed by atoms with Crippen LogP contribution in [0.1, 0.15) is 120 Å². The number of fused-ring (bicyclic) bond motifs is 3. The van der Waals surface area contributed by atoms with Crippen LogP contribution in [0, 0.1) is 39.9 Å². The average molecular weight is 461 g/mol. The third-order valence-electron chi connectivity index (χ3n) is 12.8. The van der Waals surface area contributed by atoms with Gasteiger partial charge in [0, 0.05) is 6.61 Å². The van der Waals surface area contributed by atoms with Crippen LogP contribution in [0.2, 0.25) is 0 Å². The molecular weight excluding hydrogens is 408 g/mol. The lowest BCUT2D eigenvalue weighted by molar-refractivity contribution is -0.172. The predicted molar refractivity (Wildman–Crippen MR) is 134 cm³/mol. The second kappa shape index (κ2) is 7.45. The Morgan fingerprint density at radius 1 is 0.879 bits per heavy atom. The first-order valence-electron chi connectivity index (χ1n) is 14.3. The minimum Gasteiger partial charge on any atom is -0.396 e. The van der Waals surface area contributed by atoms with Crippen LogP contribution in [-0.2, 0) is 9.47 Å². The fourth-order valence-electron chi connectivity index (χ4n) is 10.5. The Labute approximate surface area is 203 Å². The molecule has 5 rings (SSSR count). The molecule has 2 heterocycles. The van der Waals surface area contributed by atoms with Crippen molar-refractivity contribution in [2.45, 2.75) is 143 Å². The highest BCUT2D eigenvalue weighted by molar-refractivity contribution is 5.24. The van der Waals surface area contributed by atoms with E-state index in [0.717, 1.165) is 30.6 Å². The van der Waals surface area contributed by atoms with Crippen LogP contribution >= 0.6 is 0 Å². The first-order valence-corrected chi connectivity index (χ1v) is 14.3. The van der Waals surface area contributed by atoms with E-state index < -0.39 is 0 Å². The molecule has 3 nitrogen and oxygen atoms in total. The van der Waals surface area contributed by atoms with Crippen LogP contribution in [0.5, 0.6) is 0 Å². The van der Waals surface area contributed by atoms with Crippen molar-refractivity contribution in [2.24, 2.45) is 39.9 Å². The number of hydrogen-bond acceptors (Lipinski definition) is 3.